The van der Waals surface area contributed by atoms with Crippen LogP contribution < -0.4 is 15.4 Å². The minimum absolute atomic E-state index is 0.144. The van der Waals surface area contributed by atoms with Gasteiger partial charge in [0.2, 0.25) is 0 Å². The van der Waals surface area contributed by atoms with Crippen molar-refractivity contribution in [3.05, 3.63) is 59.3 Å². The van der Waals surface area contributed by atoms with E-state index in [9.17, 15) is 9.90 Å². The zero-order chi connectivity index (χ0) is 22.0. The van der Waals surface area contributed by atoms with Crippen LogP contribution in [0.5, 0.6) is 5.75 Å². The normalized spacial score (nSPS) is 14.1. The van der Waals surface area contributed by atoms with Crippen molar-refractivity contribution in [1.82, 2.24) is 10.3 Å². The molecular weight excluding hydrogens is 390 g/mol. The van der Waals surface area contributed by atoms with Gasteiger partial charge in [-0.1, -0.05) is 6.07 Å². The summed E-state index contributed by atoms with van der Waals surface area (Å²) in [7, 11) is 0. The smallest absolute Gasteiger partial charge is 0.255 e. The van der Waals surface area contributed by atoms with Crippen LogP contribution in [-0.4, -0.2) is 34.8 Å². The molecule has 2 aromatic carbocycles. The van der Waals surface area contributed by atoms with Crippen molar-refractivity contribution in [3.63, 3.8) is 0 Å². The fourth-order valence-electron chi connectivity index (χ4n) is 3.53. The Hall–Kier alpha value is -2.83. The number of hydrogen-bond acceptors (Lipinski definition) is 4. The predicted octanol–water partition coefficient (Wildman–Crippen LogP) is 4.38. The summed E-state index contributed by atoms with van der Waals surface area (Å²) in [5.41, 5.74) is 3.66. The van der Waals surface area contributed by atoms with Crippen molar-refractivity contribution in [1.29, 1.82) is 0 Å². The molecule has 4 rings (SSSR count). The molecule has 1 amide bonds. The van der Waals surface area contributed by atoms with Gasteiger partial charge in [0.1, 0.15) is 5.75 Å². The summed E-state index contributed by atoms with van der Waals surface area (Å²) in [6.45, 7) is 7.45. The molecule has 164 valence electrons. The second-order valence-electron chi connectivity index (χ2n) is 9.15. The number of nitrogens with one attached hydrogen (secondary N) is 3. The number of aromatic nitrogens is 1. The zero-order valence-corrected chi connectivity index (χ0v) is 18.4. The zero-order valence-electron chi connectivity index (χ0n) is 18.4. The molecule has 0 unspecified atom stereocenters. The minimum Gasteiger partial charge on any atom is -0.493 e. The van der Waals surface area contributed by atoms with Crippen LogP contribution in [-0.2, 0) is 6.54 Å². The van der Waals surface area contributed by atoms with Crippen molar-refractivity contribution < 1.29 is 14.6 Å². The third-order valence-electron chi connectivity index (χ3n) is 5.53. The lowest BCUT2D eigenvalue weighted by Gasteiger charge is -2.17. The van der Waals surface area contributed by atoms with Gasteiger partial charge in [-0.3, -0.25) is 4.79 Å². The molecule has 1 aliphatic rings. The quantitative estimate of drug-likeness (QED) is 0.413. The number of anilines is 1. The van der Waals surface area contributed by atoms with Gasteiger partial charge in [0.05, 0.1) is 17.7 Å². The number of ether oxygens (including phenoxy) is 1. The number of amides is 1. The Balaban J connectivity index is 1.41. The number of aromatic amines is 1. The maximum absolute atomic E-state index is 12.7. The SMILES string of the molecule is Cc1c(NC(=O)c2ccc(OCC3CC3)cc2)ccc2cc(CNCC(C)(C)O)[nH]c12. The molecule has 0 bridgehead atoms. The van der Waals surface area contributed by atoms with Crippen molar-refractivity contribution >= 4 is 22.5 Å². The van der Waals surface area contributed by atoms with Crippen LogP contribution in [0.15, 0.2) is 42.5 Å². The average Bonchev–Trinajstić information content (AvgIpc) is 3.46. The molecule has 1 heterocycles. The van der Waals surface area contributed by atoms with Gasteiger partial charge in [0.25, 0.3) is 5.91 Å². The van der Waals surface area contributed by atoms with Gasteiger partial charge < -0.3 is 25.5 Å². The lowest BCUT2D eigenvalue weighted by molar-refractivity contribution is 0.0794. The molecule has 4 N–H and O–H groups in total. The monoisotopic (exact) mass is 421 g/mol. The standard InChI is InChI=1S/C25H31N3O3/c1-16-22(11-8-19-12-20(27-23(16)19)13-26-15-25(2,3)30)28-24(29)18-6-9-21(10-7-18)31-14-17-4-5-17/h6-12,17,26-27,30H,4-5,13-15H2,1-3H3,(H,28,29). The highest BCUT2D eigenvalue weighted by atomic mass is 16.5. The Labute approximate surface area is 183 Å². The summed E-state index contributed by atoms with van der Waals surface area (Å²) in [6.07, 6.45) is 2.51. The van der Waals surface area contributed by atoms with Gasteiger partial charge in [0.15, 0.2) is 0 Å². The Morgan fingerprint density at radius 3 is 2.61 bits per heavy atom. The predicted molar refractivity (Wildman–Crippen MR) is 124 cm³/mol. The number of rotatable bonds is 9. The average molecular weight is 422 g/mol. The lowest BCUT2D eigenvalue weighted by Crippen LogP contribution is -2.34. The Kier molecular flexibility index (Phi) is 6.03. The summed E-state index contributed by atoms with van der Waals surface area (Å²) in [5.74, 6) is 1.36. The molecule has 1 aromatic heterocycles. The Morgan fingerprint density at radius 1 is 1.19 bits per heavy atom. The van der Waals surface area contributed by atoms with E-state index < -0.39 is 5.60 Å². The number of H-pyrrole nitrogens is 1. The molecule has 1 aliphatic carbocycles. The van der Waals surface area contributed by atoms with Crippen LogP contribution >= 0.6 is 0 Å². The van der Waals surface area contributed by atoms with Crippen LogP contribution in [0.1, 0.15) is 48.3 Å². The molecule has 3 aromatic rings. The van der Waals surface area contributed by atoms with Crippen LogP contribution in [0.3, 0.4) is 0 Å². The van der Waals surface area contributed by atoms with Crippen molar-refractivity contribution in [2.24, 2.45) is 5.92 Å². The lowest BCUT2D eigenvalue weighted by atomic mass is 10.1. The first-order valence-corrected chi connectivity index (χ1v) is 10.9. The number of fused-ring (bicyclic) bond motifs is 1. The minimum atomic E-state index is -0.749. The molecule has 0 radical (unpaired) electrons. The van der Waals surface area contributed by atoms with E-state index in [1.807, 2.05) is 31.2 Å². The van der Waals surface area contributed by atoms with Gasteiger partial charge >= 0.3 is 0 Å². The van der Waals surface area contributed by atoms with Gasteiger partial charge in [0, 0.05) is 35.4 Å². The molecule has 1 fully saturated rings. The van der Waals surface area contributed by atoms with Gasteiger partial charge in [-0.05, 0) is 81.5 Å². The highest BCUT2D eigenvalue weighted by Crippen LogP contribution is 2.30. The Morgan fingerprint density at radius 2 is 1.94 bits per heavy atom. The highest BCUT2D eigenvalue weighted by Gasteiger charge is 2.22. The molecule has 0 aliphatic heterocycles. The molecule has 1 saturated carbocycles. The fourth-order valence-corrected chi connectivity index (χ4v) is 3.53. The second kappa shape index (κ2) is 8.73. The van der Waals surface area contributed by atoms with Crippen LogP contribution in [0.25, 0.3) is 10.9 Å². The molecule has 0 saturated heterocycles. The molecule has 0 atom stereocenters. The van der Waals surface area contributed by atoms with Crippen molar-refractivity contribution in [3.8, 4) is 5.75 Å². The number of benzene rings is 2. The van der Waals surface area contributed by atoms with Gasteiger partial charge in [-0.25, -0.2) is 0 Å². The molecule has 6 heteroatoms. The fraction of sp³-hybridized carbons (Fsp3) is 0.400. The number of carbonyl (C=O) groups is 1. The number of aryl methyl sites for hydroxylation is 1. The van der Waals surface area contributed by atoms with Crippen molar-refractivity contribution in [2.45, 2.75) is 45.8 Å². The molecule has 0 spiro atoms. The molecule has 31 heavy (non-hydrogen) atoms. The van der Waals surface area contributed by atoms with E-state index in [0.29, 0.717) is 24.6 Å². The molecule has 6 nitrogen and oxygen atoms in total. The summed E-state index contributed by atoms with van der Waals surface area (Å²) in [5, 5.41) is 17.2. The second-order valence-corrected chi connectivity index (χ2v) is 9.15. The van der Waals surface area contributed by atoms with Gasteiger partial charge in [-0.15, -0.1) is 0 Å². The van der Waals surface area contributed by atoms with E-state index >= 15 is 0 Å². The van der Waals surface area contributed by atoms with Crippen LogP contribution in [0.4, 0.5) is 5.69 Å². The first-order valence-electron chi connectivity index (χ1n) is 10.9. The van der Waals surface area contributed by atoms with Crippen LogP contribution in [0.2, 0.25) is 0 Å². The van der Waals surface area contributed by atoms with Crippen LogP contribution in [0, 0.1) is 12.8 Å². The summed E-state index contributed by atoms with van der Waals surface area (Å²) in [4.78, 5) is 16.2. The highest BCUT2D eigenvalue weighted by molar-refractivity contribution is 6.06. The third-order valence-corrected chi connectivity index (χ3v) is 5.53. The molecular formula is C25H31N3O3. The topological polar surface area (TPSA) is 86.4 Å². The Bertz CT molecular complexity index is 1060. The summed E-state index contributed by atoms with van der Waals surface area (Å²) >= 11 is 0. The number of carbonyl (C=O) groups excluding carboxylic acids is 1. The van der Waals surface area contributed by atoms with Gasteiger partial charge in [-0.2, -0.15) is 0 Å². The number of hydrogen-bond donors (Lipinski definition) is 4. The maximum Gasteiger partial charge on any atom is 0.255 e. The van der Waals surface area contributed by atoms with E-state index in [-0.39, 0.29) is 5.91 Å². The van der Waals surface area contributed by atoms with E-state index in [2.05, 4.69) is 21.7 Å². The van der Waals surface area contributed by atoms with Crippen molar-refractivity contribution in [2.75, 3.05) is 18.5 Å². The van der Waals surface area contributed by atoms with E-state index in [0.717, 1.165) is 40.2 Å². The van der Waals surface area contributed by atoms with E-state index in [1.54, 1.807) is 26.0 Å². The summed E-state index contributed by atoms with van der Waals surface area (Å²) < 4.78 is 5.74. The number of aliphatic hydroxyl groups is 1. The summed E-state index contributed by atoms with van der Waals surface area (Å²) in [6, 6.07) is 13.3. The maximum atomic E-state index is 12.7. The first-order chi connectivity index (χ1) is 14.8. The largest absolute Gasteiger partial charge is 0.493 e. The van der Waals surface area contributed by atoms with E-state index in [1.165, 1.54) is 12.8 Å². The van der Waals surface area contributed by atoms with E-state index in [4.69, 9.17) is 4.74 Å². The third kappa shape index (κ3) is 5.66. The first kappa shape index (κ1) is 21.4.